The first-order chi connectivity index (χ1) is 16.0. The van der Waals surface area contributed by atoms with E-state index in [0.717, 1.165) is 43.0 Å². The van der Waals surface area contributed by atoms with Crippen LogP contribution in [0.1, 0.15) is 30.2 Å². The average Bonchev–Trinajstić information content (AvgIpc) is 3.25. The molecule has 0 radical (unpaired) electrons. The summed E-state index contributed by atoms with van der Waals surface area (Å²) in [7, 11) is 4.65. The van der Waals surface area contributed by atoms with Crippen LogP contribution in [0.2, 0.25) is 5.02 Å². The Bertz CT molecular complexity index is 1100. The third kappa shape index (κ3) is 5.51. The highest BCUT2D eigenvalue weighted by molar-refractivity contribution is 7.18. The maximum Gasteiger partial charge on any atom is 0.225 e. The Labute approximate surface area is 202 Å². The summed E-state index contributed by atoms with van der Waals surface area (Å²) in [4.78, 5) is 19.7. The zero-order valence-electron chi connectivity index (χ0n) is 19.0. The smallest absolute Gasteiger partial charge is 0.225 e. The number of carbonyl (C=O) groups is 1. The third-order valence-corrected chi connectivity index (χ3v) is 7.34. The van der Waals surface area contributed by atoms with Crippen molar-refractivity contribution in [3.63, 3.8) is 0 Å². The Morgan fingerprint density at radius 2 is 1.82 bits per heavy atom. The Morgan fingerprint density at radius 1 is 1.12 bits per heavy atom. The molecule has 1 N–H and O–H groups in total. The van der Waals surface area contributed by atoms with E-state index in [1.165, 1.54) is 9.71 Å². The quantitative estimate of drug-likeness (QED) is 0.469. The van der Waals surface area contributed by atoms with Crippen molar-refractivity contribution in [1.29, 1.82) is 0 Å². The van der Waals surface area contributed by atoms with Gasteiger partial charge in [-0.05, 0) is 44.1 Å². The van der Waals surface area contributed by atoms with Gasteiger partial charge in [0, 0.05) is 41.7 Å². The highest BCUT2D eigenvalue weighted by atomic mass is 35.5. The number of anilines is 1. The molecule has 1 saturated heterocycles. The standard InChI is InChI=1S/C24H28ClN3O4S/c1-30-19-13-17(14-20(31-2)23(19)32-3)26-22(29)8-11-28-9-6-15(7-10-28)24-27-18-12-16(25)4-5-21(18)33-24/h4-5,12-15H,6-11H2,1-3H3,(H,26,29). The second-order valence-electron chi connectivity index (χ2n) is 7.99. The summed E-state index contributed by atoms with van der Waals surface area (Å²) >= 11 is 7.86. The first kappa shape index (κ1) is 23.6. The minimum atomic E-state index is -0.0468. The van der Waals surface area contributed by atoms with Gasteiger partial charge in [0.25, 0.3) is 0 Å². The van der Waals surface area contributed by atoms with Gasteiger partial charge in [-0.1, -0.05) is 11.6 Å². The first-order valence-electron chi connectivity index (χ1n) is 10.9. The fraction of sp³-hybridized carbons (Fsp3) is 0.417. The Kier molecular flexibility index (Phi) is 7.57. The fourth-order valence-corrected chi connectivity index (χ4v) is 5.42. The highest BCUT2D eigenvalue weighted by Gasteiger charge is 2.24. The van der Waals surface area contributed by atoms with Gasteiger partial charge >= 0.3 is 0 Å². The van der Waals surface area contributed by atoms with Crippen LogP contribution >= 0.6 is 22.9 Å². The second-order valence-corrected chi connectivity index (χ2v) is 9.49. The molecule has 1 amide bonds. The van der Waals surface area contributed by atoms with Crippen LogP contribution in [0, 0.1) is 0 Å². The monoisotopic (exact) mass is 489 g/mol. The van der Waals surface area contributed by atoms with Crippen molar-refractivity contribution < 1.29 is 19.0 Å². The van der Waals surface area contributed by atoms with Crippen LogP contribution in [0.25, 0.3) is 10.2 Å². The van der Waals surface area contributed by atoms with Crippen molar-refractivity contribution in [2.24, 2.45) is 0 Å². The van der Waals surface area contributed by atoms with E-state index in [2.05, 4.69) is 10.2 Å². The summed E-state index contributed by atoms with van der Waals surface area (Å²) in [6.07, 6.45) is 2.51. The number of nitrogens with one attached hydrogen (secondary N) is 1. The Hall–Kier alpha value is -2.55. The molecule has 2 aromatic carbocycles. The van der Waals surface area contributed by atoms with Gasteiger partial charge < -0.3 is 24.4 Å². The number of halogens is 1. The summed E-state index contributed by atoms with van der Waals surface area (Å²) in [5.41, 5.74) is 1.59. The number of hydrogen-bond donors (Lipinski definition) is 1. The van der Waals surface area contributed by atoms with Crippen molar-refractivity contribution in [2.75, 3.05) is 46.3 Å². The van der Waals surface area contributed by atoms with E-state index in [-0.39, 0.29) is 5.91 Å². The molecule has 1 aliphatic heterocycles. The minimum absolute atomic E-state index is 0.0468. The number of likely N-dealkylation sites (tertiary alicyclic amines) is 1. The van der Waals surface area contributed by atoms with Gasteiger partial charge in [-0.25, -0.2) is 4.98 Å². The highest BCUT2D eigenvalue weighted by Crippen LogP contribution is 2.40. The summed E-state index contributed by atoms with van der Waals surface area (Å²) in [5.74, 6) is 1.93. The third-order valence-electron chi connectivity index (χ3n) is 5.91. The van der Waals surface area contributed by atoms with Crippen LogP contribution in [0.5, 0.6) is 17.2 Å². The summed E-state index contributed by atoms with van der Waals surface area (Å²) in [6, 6.07) is 9.35. The Morgan fingerprint density at radius 3 is 2.45 bits per heavy atom. The van der Waals surface area contributed by atoms with Crippen LogP contribution < -0.4 is 19.5 Å². The fourth-order valence-electron chi connectivity index (χ4n) is 4.13. The van der Waals surface area contributed by atoms with Gasteiger partial charge in [0.05, 0.1) is 36.6 Å². The van der Waals surface area contributed by atoms with Crippen LogP contribution in [0.3, 0.4) is 0 Å². The van der Waals surface area contributed by atoms with Crippen LogP contribution in [-0.4, -0.2) is 56.8 Å². The lowest BCUT2D eigenvalue weighted by Gasteiger charge is -2.30. The zero-order valence-corrected chi connectivity index (χ0v) is 20.6. The lowest BCUT2D eigenvalue weighted by molar-refractivity contribution is -0.116. The zero-order chi connectivity index (χ0) is 23.4. The normalized spacial score (nSPS) is 14.9. The number of carbonyl (C=O) groups excluding carboxylic acids is 1. The number of ether oxygens (including phenoxy) is 3. The predicted octanol–water partition coefficient (Wildman–Crippen LogP) is 5.18. The van der Waals surface area contributed by atoms with E-state index in [9.17, 15) is 4.79 Å². The van der Waals surface area contributed by atoms with Crippen LogP contribution in [0.15, 0.2) is 30.3 Å². The number of thiazole rings is 1. The van der Waals surface area contributed by atoms with E-state index >= 15 is 0 Å². The molecule has 176 valence electrons. The van der Waals surface area contributed by atoms with Gasteiger partial charge in [0.1, 0.15) is 0 Å². The molecular formula is C24H28ClN3O4S. The molecule has 0 spiro atoms. The van der Waals surface area contributed by atoms with Gasteiger partial charge in [0.2, 0.25) is 11.7 Å². The summed E-state index contributed by atoms with van der Waals surface area (Å²) in [5, 5.41) is 4.84. The molecule has 7 nitrogen and oxygen atoms in total. The molecule has 0 unspecified atom stereocenters. The molecule has 1 aromatic heterocycles. The number of hydrogen-bond acceptors (Lipinski definition) is 7. The van der Waals surface area contributed by atoms with Gasteiger partial charge in [-0.2, -0.15) is 0 Å². The number of nitrogens with zero attached hydrogens (tertiary/aromatic N) is 2. The summed E-state index contributed by atoms with van der Waals surface area (Å²) in [6.45, 7) is 2.63. The molecule has 9 heteroatoms. The number of aromatic nitrogens is 1. The molecule has 4 rings (SSSR count). The number of rotatable bonds is 8. The SMILES string of the molecule is COc1cc(NC(=O)CCN2CCC(c3nc4cc(Cl)ccc4s3)CC2)cc(OC)c1OC. The van der Waals surface area contributed by atoms with Gasteiger partial charge in [0.15, 0.2) is 11.5 Å². The van der Waals surface area contributed by atoms with E-state index in [0.29, 0.717) is 35.3 Å². The molecule has 2 heterocycles. The first-order valence-corrected chi connectivity index (χ1v) is 12.1. The summed E-state index contributed by atoms with van der Waals surface area (Å²) < 4.78 is 17.2. The average molecular weight is 490 g/mol. The molecule has 0 bridgehead atoms. The van der Waals surface area contributed by atoms with E-state index < -0.39 is 0 Å². The molecule has 3 aromatic rings. The molecular weight excluding hydrogens is 462 g/mol. The molecule has 0 atom stereocenters. The molecule has 1 fully saturated rings. The van der Waals surface area contributed by atoms with E-state index in [4.69, 9.17) is 30.8 Å². The maximum absolute atomic E-state index is 12.6. The van der Waals surface area contributed by atoms with E-state index in [1.807, 2.05) is 18.2 Å². The van der Waals surface area contributed by atoms with Gasteiger partial charge in [-0.3, -0.25) is 4.79 Å². The molecule has 0 saturated carbocycles. The number of piperidine rings is 1. The number of fused-ring (bicyclic) bond motifs is 1. The van der Waals surface area contributed by atoms with Crippen molar-refractivity contribution in [1.82, 2.24) is 9.88 Å². The number of benzene rings is 2. The topological polar surface area (TPSA) is 72.9 Å². The molecule has 1 aliphatic rings. The van der Waals surface area contributed by atoms with Crippen LogP contribution in [-0.2, 0) is 4.79 Å². The number of methoxy groups -OCH3 is 3. The second kappa shape index (κ2) is 10.6. The Balaban J connectivity index is 1.28. The lowest BCUT2D eigenvalue weighted by atomic mass is 9.97. The molecule has 0 aliphatic carbocycles. The predicted molar refractivity (Wildman–Crippen MR) is 132 cm³/mol. The molecule has 33 heavy (non-hydrogen) atoms. The van der Waals surface area contributed by atoms with Crippen molar-refractivity contribution >= 4 is 44.7 Å². The lowest BCUT2D eigenvalue weighted by Crippen LogP contribution is -2.35. The minimum Gasteiger partial charge on any atom is -0.493 e. The van der Waals surface area contributed by atoms with Crippen LogP contribution in [0.4, 0.5) is 5.69 Å². The van der Waals surface area contributed by atoms with Gasteiger partial charge in [-0.15, -0.1) is 11.3 Å². The maximum atomic E-state index is 12.6. The van der Waals surface area contributed by atoms with Crippen molar-refractivity contribution in [3.8, 4) is 17.2 Å². The van der Waals surface area contributed by atoms with Crippen molar-refractivity contribution in [2.45, 2.75) is 25.2 Å². The number of amides is 1. The van der Waals surface area contributed by atoms with Crippen molar-refractivity contribution in [3.05, 3.63) is 40.4 Å². The van der Waals surface area contributed by atoms with E-state index in [1.54, 1.807) is 44.8 Å². The largest absolute Gasteiger partial charge is 0.493 e.